The number of amides is 1. The molecule has 26 heavy (non-hydrogen) atoms. The Hall–Kier alpha value is -3.35. The van der Waals surface area contributed by atoms with Gasteiger partial charge < -0.3 is 10.2 Å². The van der Waals surface area contributed by atoms with E-state index in [2.05, 4.69) is 15.3 Å². The molecule has 7 heteroatoms. The molecule has 3 aromatic rings. The average Bonchev–Trinajstić information content (AvgIpc) is 2.66. The molecule has 0 atom stereocenters. The van der Waals surface area contributed by atoms with Crippen molar-refractivity contribution in [1.29, 1.82) is 0 Å². The molecular formula is C19H16F2N4O. The van der Waals surface area contributed by atoms with Gasteiger partial charge in [-0.2, -0.15) is 0 Å². The number of hydrogen-bond acceptors (Lipinski definition) is 4. The van der Waals surface area contributed by atoms with Crippen LogP contribution in [0.15, 0.2) is 60.9 Å². The molecule has 132 valence electrons. The van der Waals surface area contributed by atoms with Crippen molar-refractivity contribution in [2.24, 2.45) is 0 Å². The number of nitrogens with zero attached hydrogens (tertiary/aromatic N) is 3. The predicted molar refractivity (Wildman–Crippen MR) is 95.5 cm³/mol. The number of halogens is 2. The molecule has 0 aliphatic carbocycles. The van der Waals surface area contributed by atoms with Gasteiger partial charge in [0.2, 0.25) is 0 Å². The summed E-state index contributed by atoms with van der Waals surface area (Å²) in [5.74, 6) is -1.99. The lowest BCUT2D eigenvalue weighted by molar-refractivity contribution is 0.102. The first-order valence-electron chi connectivity index (χ1n) is 7.99. The summed E-state index contributed by atoms with van der Waals surface area (Å²) in [6, 6.07) is 14.3. The van der Waals surface area contributed by atoms with Crippen LogP contribution in [-0.2, 0) is 0 Å². The van der Waals surface area contributed by atoms with Gasteiger partial charge in [-0.05, 0) is 31.2 Å². The zero-order valence-electron chi connectivity index (χ0n) is 14.0. The maximum atomic E-state index is 13.3. The monoisotopic (exact) mass is 354 g/mol. The molecular weight excluding hydrogens is 338 g/mol. The Bertz CT molecular complexity index is 918. The molecule has 0 fully saturated rings. The average molecular weight is 354 g/mol. The van der Waals surface area contributed by atoms with E-state index in [-0.39, 0.29) is 11.4 Å². The highest BCUT2D eigenvalue weighted by atomic mass is 19.2. The number of anilines is 3. The van der Waals surface area contributed by atoms with Crippen LogP contribution in [0.5, 0.6) is 0 Å². The van der Waals surface area contributed by atoms with Gasteiger partial charge in [0.25, 0.3) is 5.91 Å². The minimum Gasteiger partial charge on any atom is -0.327 e. The third-order valence-corrected chi connectivity index (χ3v) is 3.72. The van der Waals surface area contributed by atoms with E-state index in [1.165, 1.54) is 12.4 Å². The molecule has 0 aliphatic heterocycles. The molecule has 1 N–H and O–H groups in total. The second-order valence-electron chi connectivity index (χ2n) is 5.42. The summed E-state index contributed by atoms with van der Waals surface area (Å²) in [5, 5.41) is 2.50. The Kier molecular flexibility index (Phi) is 5.17. The summed E-state index contributed by atoms with van der Waals surface area (Å²) in [6.07, 6.45) is 1.29. The smallest absolute Gasteiger partial charge is 0.274 e. The molecule has 1 aromatic heterocycles. The van der Waals surface area contributed by atoms with Crippen LogP contribution < -0.4 is 10.2 Å². The highest BCUT2D eigenvalue weighted by Gasteiger charge is 2.14. The van der Waals surface area contributed by atoms with Crippen molar-refractivity contribution in [3.8, 4) is 0 Å². The van der Waals surface area contributed by atoms with Crippen molar-refractivity contribution in [3.05, 3.63) is 78.3 Å². The first kappa shape index (κ1) is 17.5. The Morgan fingerprint density at radius 1 is 1.04 bits per heavy atom. The highest BCUT2D eigenvalue weighted by molar-refractivity contribution is 6.03. The first-order chi connectivity index (χ1) is 12.6. The van der Waals surface area contributed by atoms with Crippen LogP contribution in [0.2, 0.25) is 0 Å². The van der Waals surface area contributed by atoms with E-state index in [1.54, 1.807) is 6.07 Å². The number of para-hydroxylation sites is 1. The van der Waals surface area contributed by atoms with Crippen LogP contribution in [0.4, 0.5) is 26.0 Å². The van der Waals surface area contributed by atoms with Crippen LogP contribution in [0, 0.1) is 11.6 Å². The van der Waals surface area contributed by atoms with Gasteiger partial charge in [0, 0.05) is 30.1 Å². The Morgan fingerprint density at radius 2 is 1.81 bits per heavy atom. The molecule has 3 rings (SSSR count). The Balaban J connectivity index is 1.84. The molecule has 0 unspecified atom stereocenters. The molecule has 0 aliphatic rings. The van der Waals surface area contributed by atoms with E-state index >= 15 is 0 Å². The van der Waals surface area contributed by atoms with Crippen molar-refractivity contribution in [2.75, 3.05) is 16.8 Å². The summed E-state index contributed by atoms with van der Waals surface area (Å²) in [7, 11) is 0. The fourth-order valence-corrected chi connectivity index (χ4v) is 2.47. The summed E-state index contributed by atoms with van der Waals surface area (Å²) in [6.45, 7) is 2.61. The van der Waals surface area contributed by atoms with Crippen molar-refractivity contribution >= 4 is 23.1 Å². The lowest BCUT2D eigenvalue weighted by Crippen LogP contribution is -2.20. The molecule has 0 radical (unpaired) electrons. The van der Waals surface area contributed by atoms with Crippen molar-refractivity contribution < 1.29 is 13.6 Å². The summed E-state index contributed by atoms with van der Waals surface area (Å²) >= 11 is 0. The fourth-order valence-electron chi connectivity index (χ4n) is 2.47. The van der Waals surface area contributed by atoms with Gasteiger partial charge in [-0.25, -0.2) is 18.7 Å². The second kappa shape index (κ2) is 7.69. The molecule has 0 saturated heterocycles. The number of rotatable bonds is 5. The summed E-state index contributed by atoms with van der Waals surface area (Å²) < 4.78 is 26.3. The number of hydrogen-bond donors (Lipinski definition) is 1. The Morgan fingerprint density at radius 3 is 2.50 bits per heavy atom. The van der Waals surface area contributed by atoms with Crippen molar-refractivity contribution in [1.82, 2.24) is 9.97 Å². The minimum atomic E-state index is -1.03. The van der Waals surface area contributed by atoms with Crippen LogP contribution in [-0.4, -0.2) is 22.4 Å². The largest absolute Gasteiger partial charge is 0.327 e. The third kappa shape index (κ3) is 3.83. The number of aromatic nitrogens is 2. The lowest BCUT2D eigenvalue weighted by Gasteiger charge is -2.22. The van der Waals surface area contributed by atoms with Crippen molar-refractivity contribution in [3.63, 3.8) is 0 Å². The van der Waals surface area contributed by atoms with E-state index in [1.807, 2.05) is 42.2 Å². The van der Waals surface area contributed by atoms with Gasteiger partial charge in [0.05, 0.1) is 0 Å². The van der Waals surface area contributed by atoms with Crippen LogP contribution in [0.3, 0.4) is 0 Å². The lowest BCUT2D eigenvalue weighted by atomic mass is 10.2. The summed E-state index contributed by atoms with van der Waals surface area (Å²) in [4.78, 5) is 22.5. The van der Waals surface area contributed by atoms with Gasteiger partial charge in [0.1, 0.15) is 17.8 Å². The van der Waals surface area contributed by atoms with E-state index in [4.69, 9.17) is 0 Å². The molecule has 1 heterocycles. The summed E-state index contributed by atoms with van der Waals surface area (Å²) in [5.41, 5.74) is 1.19. The fraction of sp³-hybridized carbons (Fsp3) is 0.105. The normalized spacial score (nSPS) is 10.4. The molecule has 5 nitrogen and oxygen atoms in total. The number of benzene rings is 2. The van der Waals surface area contributed by atoms with E-state index in [0.717, 1.165) is 17.8 Å². The third-order valence-electron chi connectivity index (χ3n) is 3.72. The second-order valence-corrected chi connectivity index (χ2v) is 5.42. The maximum absolute atomic E-state index is 13.3. The first-order valence-corrected chi connectivity index (χ1v) is 7.99. The molecule has 0 bridgehead atoms. The zero-order valence-corrected chi connectivity index (χ0v) is 14.0. The SMILES string of the molecule is CCN(c1ccccc1)c1cc(C(=O)Nc2ccc(F)c(F)c2)ncn1. The van der Waals surface area contributed by atoms with Gasteiger partial charge >= 0.3 is 0 Å². The topological polar surface area (TPSA) is 58.1 Å². The number of nitrogens with one attached hydrogen (secondary N) is 1. The van der Waals surface area contributed by atoms with Crippen molar-refractivity contribution in [2.45, 2.75) is 6.92 Å². The number of carbonyl (C=O) groups excluding carboxylic acids is 1. The van der Waals surface area contributed by atoms with Gasteiger partial charge in [-0.1, -0.05) is 18.2 Å². The number of carbonyl (C=O) groups is 1. The van der Waals surface area contributed by atoms with E-state index in [0.29, 0.717) is 12.4 Å². The van der Waals surface area contributed by atoms with E-state index in [9.17, 15) is 13.6 Å². The highest BCUT2D eigenvalue weighted by Crippen LogP contribution is 2.23. The van der Waals surface area contributed by atoms with Crippen LogP contribution in [0.25, 0.3) is 0 Å². The standard InChI is InChI=1S/C19H16F2N4O/c1-2-25(14-6-4-3-5-7-14)18-11-17(22-12-23-18)19(26)24-13-8-9-15(20)16(21)10-13/h3-12H,2H2,1H3,(H,24,26). The zero-order chi connectivity index (χ0) is 18.5. The van der Waals surface area contributed by atoms with Gasteiger partial charge in [-0.3, -0.25) is 4.79 Å². The predicted octanol–water partition coefficient (Wildman–Crippen LogP) is 4.17. The van der Waals surface area contributed by atoms with E-state index < -0.39 is 17.5 Å². The van der Waals surface area contributed by atoms with Crippen LogP contribution >= 0.6 is 0 Å². The van der Waals surface area contributed by atoms with Gasteiger partial charge in [0.15, 0.2) is 11.6 Å². The molecule has 0 saturated carbocycles. The van der Waals surface area contributed by atoms with Gasteiger partial charge in [-0.15, -0.1) is 0 Å². The minimum absolute atomic E-state index is 0.120. The maximum Gasteiger partial charge on any atom is 0.274 e. The van der Waals surface area contributed by atoms with Crippen LogP contribution in [0.1, 0.15) is 17.4 Å². The molecule has 1 amide bonds. The Labute approximate surface area is 149 Å². The molecule has 2 aromatic carbocycles. The quantitative estimate of drug-likeness (QED) is 0.747. The molecule has 0 spiro atoms.